The molecule has 2 heterocycles. The van der Waals surface area contributed by atoms with Crippen molar-refractivity contribution in [2.24, 2.45) is 0 Å². The molecule has 0 amide bonds. The number of aromatic amines is 1. The van der Waals surface area contributed by atoms with E-state index in [2.05, 4.69) is 33.9 Å². The van der Waals surface area contributed by atoms with Crippen molar-refractivity contribution in [1.29, 1.82) is 0 Å². The number of fused-ring (bicyclic) bond motifs is 1. The zero-order chi connectivity index (χ0) is 7.14. The number of halogens is 1. The highest BCUT2D eigenvalue weighted by atomic mass is 79.9. The van der Waals surface area contributed by atoms with Crippen LogP contribution in [0.25, 0.3) is 10.2 Å². The number of aromatic nitrogens is 1. The zero-order valence-corrected chi connectivity index (χ0v) is 7.84. The molecule has 0 unspecified atom stereocenters. The molecule has 0 aliphatic heterocycles. The summed E-state index contributed by atoms with van der Waals surface area (Å²) in [6.07, 6.45) is 1.96. The Bertz CT molecular complexity index is 360. The Labute approximate surface area is 71.2 Å². The van der Waals surface area contributed by atoms with Crippen molar-refractivity contribution < 1.29 is 0 Å². The lowest BCUT2D eigenvalue weighted by Crippen LogP contribution is -1.62. The van der Waals surface area contributed by atoms with Crippen molar-refractivity contribution in [3.63, 3.8) is 0 Å². The molecule has 3 heteroatoms. The molecule has 0 atom stereocenters. The summed E-state index contributed by atoms with van der Waals surface area (Å²) in [5.74, 6) is 0. The topological polar surface area (TPSA) is 15.8 Å². The van der Waals surface area contributed by atoms with Crippen molar-refractivity contribution in [3.8, 4) is 0 Å². The molecular weight excluding hydrogens is 210 g/mol. The third-order valence-corrected chi connectivity index (χ3v) is 3.82. The minimum Gasteiger partial charge on any atom is -0.360 e. The van der Waals surface area contributed by atoms with Gasteiger partial charge in [-0.2, -0.15) is 0 Å². The molecule has 2 rings (SSSR count). The summed E-state index contributed by atoms with van der Waals surface area (Å²) in [4.78, 5) is 4.51. The van der Waals surface area contributed by atoms with Gasteiger partial charge in [0.05, 0.1) is 14.7 Å². The van der Waals surface area contributed by atoms with E-state index in [9.17, 15) is 0 Å². The predicted octanol–water partition coefficient (Wildman–Crippen LogP) is 3.30. The molecular formula is C7H6BrNS. The maximum Gasteiger partial charge on any atom is 0.0710 e. The second-order valence-corrected chi connectivity index (χ2v) is 4.24. The van der Waals surface area contributed by atoms with Gasteiger partial charge in [-0.05, 0) is 28.9 Å². The van der Waals surface area contributed by atoms with Crippen LogP contribution in [0.1, 0.15) is 4.88 Å². The van der Waals surface area contributed by atoms with Gasteiger partial charge < -0.3 is 4.98 Å². The van der Waals surface area contributed by atoms with Crippen LogP contribution in [0, 0.1) is 6.92 Å². The number of thiophene rings is 1. The van der Waals surface area contributed by atoms with Crippen LogP contribution in [0.4, 0.5) is 0 Å². The maximum absolute atomic E-state index is 3.51. The first-order chi connectivity index (χ1) is 4.79. The van der Waals surface area contributed by atoms with E-state index in [0.29, 0.717) is 0 Å². The van der Waals surface area contributed by atoms with Crippen LogP contribution in [0.15, 0.2) is 16.7 Å². The third kappa shape index (κ3) is 0.739. The predicted molar refractivity (Wildman–Crippen MR) is 48.6 cm³/mol. The molecule has 0 aromatic carbocycles. The van der Waals surface area contributed by atoms with E-state index >= 15 is 0 Å². The molecule has 0 radical (unpaired) electrons. The number of nitrogens with one attached hydrogen (secondary N) is 1. The van der Waals surface area contributed by atoms with E-state index in [1.54, 1.807) is 0 Å². The minimum atomic E-state index is 1.21. The van der Waals surface area contributed by atoms with Crippen molar-refractivity contribution in [2.75, 3.05) is 0 Å². The number of hydrogen-bond acceptors (Lipinski definition) is 1. The quantitative estimate of drug-likeness (QED) is 0.695. The summed E-state index contributed by atoms with van der Waals surface area (Å²) in [6, 6.07) is 2.10. The molecule has 0 fully saturated rings. The average Bonchev–Trinajstić information content (AvgIpc) is 2.41. The van der Waals surface area contributed by atoms with Crippen LogP contribution in [0.5, 0.6) is 0 Å². The van der Waals surface area contributed by atoms with E-state index in [-0.39, 0.29) is 0 Å². The lowest BCUT2D eigenvalue weighted by atomic mass is 10.4. The van der Waals surface area contributed by atoms with Crippen molar-refractivity contribution >= 4 is 37.5 Å². The van der Waals surface area contributed by atoms with E-state index in [1.165, 1.54) is 19.6 Å². The molecule has 0 spiro atoms. The zero-order valence-electron chi connectivity index (χ0n) is 5.44. The Kier molecular flexibility index (Phi) is 1.35. The maximum atomic E-state index is 3.51. The van der Waals surface area contributed by atoms with Crippen LogP contribution >= 0.6 is 27.3 Å². The van der Waals surface area contributed by atoms with Gasteiger partial charge in [0, 0.05) is 11.1 Å². The van der Waals surface area contributed by atoms with Crippen molar-refractivity contribution in [1.82, 2.24) is 4.98 Å². The second kappa shape index (κ2) is 2.10. The lowest BCUT2D eigenvalue weighted by Gasteiger charge is -1.82. The first kappa shape index (κ1) is 6.43. The van der Waals surface area contributed by atoms with Gasteiger partial charge in [0.25, 0.3) is 0 Å². The summed E-state index contributed by atoms with van der Waals surface area (Å²) >= 11 is 5.32. The van der Waals surface area contributed by atoms with Gasteiger partial charge in [-0.15, -0.1) is 11.3 Å². The fourth-order valence-electron chi connectivity index (χ4n) is 0.997. The molecule has 0 saturated heterocycles. The monoisotopic (exact) mass is 215 g/mol. The molecule has 10 heavy (non-hydrogen) atoms. The molecule has 52 valence electrons. The van der Waals surface area contributed by atoms with Gasteiger partial charge in [0.15, 0.2) is 0 Å². The number of rotatable bonds is 0. The third-order valence-electron chi connectivity index (χ3n) is 1.50. The summed E-state index contributed by atoms with van der Waals surface area (Å²) in [5.41, 5.74) is 1.22. The Morgan fingerprint density at radius 2 is 2.40 bits per heavy atom. The summed E-state index contributed by atoms with van der Waals surface area (Å²) in [6.45, 7) is 2.11. The first-order valence-corrected chi connectivity index (χ1v) is 4.62. The Balaban J connectivity index is 2.95. The molecule has 1 nitrogen and oxygen atoms in total. The largest absolute Gasteiger partial charge is 0.360 e. The van der Waals surface area contributed by atoms with Crippen LogP contribution in [-0.2, 0) is 0 Å². The van der Waals surface area contributed by atoms with Crippen LogP contribution in [-0.4, -0.2) is 4.98 Å². The minimum absolute atomic E-state index is 1.21. The normalized spacial score (nSPS) is 11.0. The number of H-pyrrole nitrogens is 1. The van der Waals surface area contributed by atoms with E-state index in [4.69, 9.17) is 0 Å². The molecule has 2 aromatic heterocycles. The molecule has 0 aliphatic rings. The summed E-state index contributed by atoms with van der Waals surface area (Å²) in [7, 11) is 0. The van der Waals surface area contributed by atoms with E-state index in [0.717, 1.165) is 0 Å². The van der Waals surface area contributed by atoms with E-state index < -0.39 is 0 Å². The Hall–Kier alpha value is -0.280. The highest BCUT2D eigenvalue weighted by Gasteiger charge is 2.05. The number of hydrogen-bond donors (Lipinski definition) is 1. The van der Waals surface area contributed by atoms with Gasteiger partial charge in [0.2, 0.25) is 0 Å². The molecule has 0 bridgehead atoms. The highest BCUT2D eigenvalue weighted by molar-refractivity contribution is 9.10. The van der Waals surface area contributed by atoms with Gasteiger partial charge in [0.1, 0.15) is 0 Å². The molecule has 2 aromatic rings. The SMILES string of the molecule is Cc1sc2cc[nH]c2c1Br. The smallest absolute Gasteiger partial charge is 0.0710 e. The second-order valence-electron chi connectivity index (χ2n) is 2.19. The molecule has 0 saturated carbocycles. The van der Waals surface area contributed by atoms with Gasteiger partial charge in [-0.1, -0.05) is 0 Å². The standard InChI is InChI=1S/C7H6BrNS/c1-4-6(8)7-5(10-4)2-3-9-7/h2-3,9H,1H3. The highest BCUT2D eigenvalue weighted by Crippen LogP contribution is 2.33. The summed E-state index contributed by atoms with van der Waals surface area (Å²) < 4.78 is 2.53. The van der Waals surface area contributed by atoms with Crippen molar-refractivity contribution in [2.45, 2.75) is 6.92 Å². The van der Waals surface area contributed by atoms with Crippen LogP contribution in [0.3, 0.4) is 0 Å². The summed E-state index contributed by atoms with van der Waals surface area (Å²) in [5, 5.41) is 0. The van der Waals surface area contributed by atoms with Gasteiger partial charge in [-0.3, -0.25) is 0 Å². The molecule has 0 aliphatic carbocycles. The lowest BCUT2D eigenvalue weighted by molar-refractivity contribution is 1.46. The molecule has 1 N–H and O–H groups in total. The Morgan fingerprint density at radius 1 is 1.60 bits per heavy atom. The Morgan fingerprint density at radius 3 is 3.10 bits per heavy atom. The fraction of sp³-hybridized carbons (Fsp3) is 0.143. The van der Waals surface area contributed by atoms with Gasteiger partial charge >= 0.3 is 0 Å². The first-order valence-electron chi connectivity index (χ1n) is 3.01. The number of aryl methyl sites for hydroxylation is 1. The van der Waals surface area contributed by atoms with Gasteiger partial charge in [-0.25, -0.2) is 0 Å². The van der Waals surface area contributed by atoms with E-state index in [1.807, 2.05) is 17.5 Å². The van der Waals surface area contributed by atoms with Crippen molar-refractivity contribution in [3.05, 3.63) is 21.6 Å². The average molecular weight is 216 g/mol. The van der Waals surface area contributed by atoms with Crippen LogP contribution < -0.4 is 0 Å². The van der Waals surface area contributed by atoms with Crippen LogP contribution in [0.2, 0.25) is 0 Å². The fourth-order valence-corrected chi connectivity index (χ4v) is 2.62.